The molecule has 0 spiro atoms. The quantitative estimate of drug-likeness (QED) is 0.507. The molecule has 1 aromatic carbocycles. The Kier molecular flexibility index (Phi) is 7.06. The molecular weight excluding hydrogens is 276 g/mol. The SMILES string of the molecule is COc1cc(C=CC(=O)O)ccc1OOC(C)=O.Cl. The van der Waals surface area contributed by atoms with E-state index in [0.717, 1.165) is 6.08 Å². The van der Waals surface area contributed by atoms with Gasteiger partial charge in [0.15, 0.2) is 5.75 Å². The topological polar surface area (TPSA) is 82.1 Å². The van der Waals surface area contributed by atoms with Crippen LogP contribution in [0.5, 0.6) is 11.5 Å². The summed E-state index contributed by atoms with van der Waals surface area (Å²) in [5.41, 5.74) is 0.615. The van der Waals surface area contributed by atoms with E-state index < -0.39 is 11.9 Å². The fourth-order valence-corrected chi connectivity index (χ4v) is 1.13. The first kappa shape index (κ1) is 16.8. The Labute approximate surface area is 115 Å². The lowest BCUT2D eigenvalue weighted by atomic mass is 10.2. The Morgan fingerprint density at radius 2 is 1.95 bits per heavy atom. The van der Waals surface area contributed by atoms with E-state index in [1.807, 2.05) is 0 Å². The number of aliphatic carboxylic acids is 1. The summed E-state index contributed by atoms with van der Waals surface area (Å²) in [6.07, 6.45) is 2.40. The molecule has 104 valence electrons. The molecule has 0 unspecified atom stereocenters. The lowest BCUT2D eigenvalue weighted by molar-refractivity contribution is -0.211. The maximum absolute atomic E-state index is 10.6. The van der Waals surface area contributed by atoms with Crippen LogP contribution in [0.4, 0.5) is 0 Å². The summed E-state index contributed by atoms with van der Waals surface area (Å²) >= 11 is 0. The minimum atomic E-state index is -1.05. The molecule has 0 radical (unpaired) electrons. The van der Waals surface area contributed by atoms with Crippen molar-refractivity contribution in [3.63, 3.8) is 0 Å². The molecule has 0 aromatic heterocycles. The van der Waals surface area contributed by atoms with Crippen LogP contribution in [0.1, 0.15) is 12.5 Å². The number of carbonyl (C=O) groups excluding carboxylic acids is 1. The Morgan fingerprint density at radius 3 is 2.47 bits per heavy atom. The summed E-state index contributed by atoms with van der Waals surface area (Å²) in [7, 11) is 1.42. The second-order valence-corrected chi connectivity index (χ2v) is 3.24. The van der Waals surface area contributed by atoms with Gasteiger partial charge < -0.3 is 9.84 Å². The average molecular weight is 289 g/mol. The van der Waals surface area contributed by atoms with Gasteiger partial charge in [-0.05, 0) is 23.8 Å². The molecule has 7 heteroatoms. The molecule has 0 saturated heterocycles. The van der Waals surface area contributed by atoms with Crippen LogP contribution in [0.25, 0.3) is 6.08 Å². The molecule has 0 saturated carbocycles. The van der Waals surface area contributed by atoms with Gasteiger partial charge in [-0.2, -0.15) is 0 Å². The molecule has 1 aromatic rings. The van der Waals surface area contributed by atoms with E-state index in [4.69, 9.17) is 14.7 Å². The lowest BCUT2D eigenvalue weighted by Crippen LogP contribution is -2.04. The molecular formula is C12H13ClO6. The smallest absolute Gasteiger partial charge is 0.352 e. The van der Waals surface area contributed by atoms with Gasteiger partial charge in [-0.3, -0.25) is 9.78 Å². The Balaban J connectivity index is 0.00000324. The number of benzene rings is 1. The summed E-state index contributed by atoms with van der Waals surface area (Å²) in [5, 5.41) is 8.50. The first-order valence-electron chi connectivity index (χ1n) is 4.97. The van der Waals surface area contributed by atoms with Crippen molar-refractivity contribution >= 4 is 30.4 Å². The van der Waals surface area contributed by atoms with Crippen LogP contribution < -0.4 is 9.62 Å². The van der Waals surface area contributed by atoms with Crippen LogP contribution in [0, 0.1) is 0 Å². The Hall–Kier alpha value is -2.21. The third kappa shape index (κ3) is 5.78. The van der Waals surface area contributed by atoms with Crippen LogP contribution in [-0.4, -0.2) is 24.2 Å². The summed E-state index contributed by atoms with van der Waals surface area (Å²) in [5.74, 6) is -1.09. The lowest BCUT2D eigenvalue weighted by Gasteiger charge is -2.08. The van der Waals surface area contributed by atoms with Crippen LogP contribution in [0.15, 0.2) is 24.3 Å². The third-order valence-corrected chi connectivity index (χ3v) is 1.85. The monoisotopic (exact) mass is 288 g/mol. The van der Waals surface area contributed by atoms with Gasteiger partial charge in [0.1, 0.15) is 0 Å². The average Bonchev–Trinajstić information content (AvgIpc) is 2.34. The van der Waals surface area contributed by atoms with Gasteiger partial charge >= 0.3 is 11.9 Å². The van der Waals surface area contributed by atoms with Crippen molar-refractivity contribution in [3.8, 4) is 11.5 Å². The van der Waals surface area contributed by atoms with Gasteiger partial charge in [-0.25, -0.2) is 9.59 Å². The second-order valence-electron chi connectivity index (χ2n) is 3.24. The molecule has 1 N–H and O–H groups in total. The van der Waals surface area contributed by atoms with Gasteiger partial charge in [0.2, 0.25) is 5.75 Å². The van der Waals surface area contributed by atoms with Crippen LogP contribution in [0.3, 0.4) is 0 Å². The third-order valence-electron chi connectivity index (χ3n) is 1.85. The van der Waals surface area contributed by atoms with Crippen molar-refractivity contribution < 1.29 is 29.2 Å². The molecule has 0 fully saturated rings. The van der Waals surface area contributed by atoms with Crippen molar-refractivity contribution in [2.75, 3.05) is 7.11 Å². The van der Waals surface area contributed by atoms with E-state index in [2.05, 4.69) is 4.89 Å². The zero-order chi connectivity index (χ0) is 13.5. The van der Waals surface area contributed by atoms with Crippen molar-refractivity contribution in [1.82, 2.24) is 0 Å². The Bertz CT molecular complexity index is 483. The summed E-state index contributed by atoms with van der Waals surface area (Å²) in [6.45, 7) is 1.20. The molecule has 0 heterocycles. The normalized spacial score (nSPS) is 9.58. The number of carboxylic acids is 1. The highest BCUT2D eigenvalue weighted by Crippen LogP contribution is 2.28. The minimum Gasteiger partial charge on any atom is -0.493 e. The predicted molar refractivity (Wildman–Crippen MR) is 69.3 cm³/mol. The van der Waals surface area contributed by atoms with E-state index >= 15 is 0 Å². The molecule has 0 atom stereocenters. The Morgan fingerprint density at radius 1 is 1.26 bits per heavy atom. The molecule has 0 amide bonds. The van der Waals surface area contributed by atoms with Gasteiger partial charge in [0.05, 0.1) is 7.11 Å². The second kappa shape index (κ2) is 7.99. The predicted octanol–water partition coefficient (Wildman–Crippen LogP) is 2.07. The van der Waals surface area contributed by atoms with Crippen molar-refractivity contribution in [2.24, 2.45) is 0 Å². The number of halogens is 1. The van der Waals surface area contributed by atoms with Gasteiger partial charge in [-0.15, -0.1) is 12.4 Å². The van der Waals surface area contributed by atoms with E-state index in [1.165, 1.54) is 26.2 Å². The number of rotatable bonds is 5. The van der Waals surface area contributed by atoms with E-state index in [0.29, 0.717) is 11.3 Å². The van der Waals surface area contributed by atoms with Crippen molar-refractivity contribution in [3.05, 3.63) is 29.8 Å². The highest BCUT2D eigenvalue weighted by Gasteiger charge is 2.07. The summed E-state index contributed by atoms with van der Waals surface area (Å²) < 4.78 is 5.03. The number of carboxylic acid groups (broad SMARTS) is 1. The van der Waals surface area contributed by atoms with Gasteiger partial charge in [0.25, 0.3) is 0 Å². The number of hydrogen-bond donors (Lipinski definition) is 1. The molecule has 0 bridgehead atoms. The van der Waals surface area contributed by atoms with E-state index in [-0.39, 0.29) is 18.2 Å². The first-order valence-corrected chi connectivity index (χ1v) is 4.97. The minimum absolute atomic E-state index is 0. The number of methoxy groups -OCH3 is 1. The van der Waals surface area contributed by atoms with Gasteiger partial charge in [0, 0.05) is 13.0 Å². The number of hydrogen-bond acceptors (Lipinski definition) is 5. The van der Waals surface area contributed by atoms with Gasteiger partial charge in [-0.1, -0.05) is 6.07 Å². The van der Waals surface area contributed by atoms with E-state index in [9.17, 15) is 9.59 Å². The van der Waals surface area contributed by atoms with Crippen molar-refractivity contribution in [1.29, 1.82) is 0 Å². The largest absolute Gasteiger partial charge is 0.493 e. The van der Waals surface area contributed by atoms with E-state index in [1.54, 1.807) is 12.1 Å². The molecule has 6 nitrogen and oxygen atoms in total. The standard InChI is InChI=1S/C12H12O6.ClH/c1-8(13)17-18-10-5-3-9(4-6-12(14)15)7-11(10)16-2;/h3-7H,1-2H3,(H,14,15);1H. The maximum Gasteiger partial charge on any atom is 0.352 e. The summed E-state index contributed by atoms with van der Waals surface area (Å²) in [4.78, 5) is 30.1. The number of carbonyl (C=O) groups is 2. The van der Waals surface area contributed by atoms with Crippen LogP contribution >= 0.6 is 12.4 Å². The zero-order valence-electron chi connectivity index (χ0n) is 10.3. The highest BCUT2D eigenvalue weighted by molar-refractivity contribution is 5.85. The van der Waals surface area contributed by atoms with Crippen LogP contribution in [-0.2, 0) is 14.5 Å². The maximum atomic E-state index is 10.6. The van der Waals surface area contributed by atoms with Crippen molar-refractivity contribution in [2.45, 2.75) is 6.92 Å². The fourth-order valence-electron chi connectivity index (χ4n) is 1.13. The van der Waals surface area contributed by atoms with Crippen LogP contribution in [0.2, 0.25) is 0 Å². The number of ether oxygens (including phenoxy) is 1. The molecule has 19 heavy (non-hydrogen) atoms. The molecule has 0 aliphatic rings. The fraction of sp³-hybridized carbons (Fsp3) is 0.167. The molecule has 0 aliphatic carbocycles. The summed E-state index contributed by atoms with van der Waals surface area (Å²) in [6, 6.07) is 4.66. The first-order chi connectivity index (χ1) is 8.52. The molecule has 0 aliphatic heterocycles. The molecule has 1 rings (SSSR count). The zero-order valence-corrected chi connectivity index (χ0v) is 11.1. The highest BCUT2D eigenvalue weighted by atomic mass is 35.5.